The van der Waals surface area contributed by atoms with Gasteiger partial charge in [0.15, 0.2) is 0 Å². The average Bonchev–Trinajstić information content (AvgIpc) is 2.84. The zero-order valence-corrected chi connectivity index (χ0v) is 18.5. The van der Waals surface area contributed by atoms with Gasteiger partial charge in [-0.25, -0.2) is 0 Å². The van der Waals surface area contributed by atoms with Crippen LogP contribution in [0.4, 0.5) is 0 Å². The van der Waals surface area contributed by atoms with E-state index in [0.717, 1.165) is 51.9 Å². The van der Waals surface area contributed by atoms with Crippen LogP contribution in [0.3, 0.4) is 0 Å². The highest BCUT2D eigenvalue weighted by atomic mass is 16.1. The highest BCUT2D eigenvalue weighted by Gasteiger charge is 2.48. The van der Waals surface area contributed by atoms with Gasteiger partial charge in [-0.2, -0.15) is 0 Å². The summed E-state index contributed by atoms with van der Waals surface area (Å²) in [6.07, 6.45) is 4.10. The van der Waals surface area contributed by atoms with E-state index in [1.807, 2.05) is 0 Å². The van der Waals surface area contributed by atoms with Gasteiger partial charge < -0.3 is 10.6 Å². The molecule has 2 unspecified atom stereocenters. The second-order valence-electron chi connectivity index (χ2n) is 9.39. The van der Waals surface area contributed by atoms with Crippen LogP contribution in [-0.4, -0.2) is 32.0 Å². The summed E-state index contributed by atoms with van der Waals surface area (Å²) in [5, 5.41) is 7.02. The third kappa shape index (κ3) is 3.74. The van der Waals surface area contributed by atoms with Crippen molar-refractivity contribution in [2.75, 3.05) is 26.2 Å². The number of ketones is 1. The molecule has 0 radical (unpaired) electrons. The number of Topliss-reactive ketones (excluding diaryl/α,β-unsaturated/α-hetero) is 1. The molecule has 2 aliphatic heterocycles. The lowest BCUT2D eigenvalue weighted by molar-refractivity contribution is -0.131. The molecule has 2 heterocycles. The van der Waals surface area contributed by atoms with Gasteiger partial charge in [-0.3, -0.25) is 4.79 Å². The fourth-order valence-corrected chi connectivity index (χ4v) is 6.15. The van der Waals surface area contributed by atoms with E-state index < -0.39 is 0 Å². The van der Waals surface area contributed by atoms with Crippen molar-refractivity contribution < 1.29 is 4.79 Å². The molecule has 0 aliphatic carbocycles. The summed E-state index contributed by atoms with van der Waals surface area (Å²) < 4.78 is 0. The first kappa shape index (κ1) is 21.3. The zero-order chi connectivity index (χ0) is 21.0. The van der Waals surface area contributed by atoms with Crippen LogP contribution < -0.4 is 10.6 Å². The van der Waals surface area contributed by atoms with E-state index in [4.69, 9.17) is 0 Å². The summed E-state index contributed by atoms with van der Waals surface area (Å²) >= 11 is 0. The van der Waals surface area contributed by atoms with Crippen molar-refractivity contribution >= 4 is 5.78 Å². The van der Waals surface area contributed by atoms with Crippen molar-refractivity contribution in [2.45, 2.75) is 50.4 Å². The lowest BCUT2D eigenvalue weighted by atomic mass is 9.57. The second kappa shape index (κ2) is 9.03. The van der Waals surface area contributed by atoms with Crippen molar-refractivity contribution in [3.8, 4) is 0 Å². The van der Waals surface area contributed by atoms with Crippen LogP contribution in [-0.2, 0) is 15.6 Å². The monoisotopic (exact) mass is 404 g/mol. The average molecular weight is 405 g/mol. The molecule has 2 fully saturated rings. The Labute approximate surface area is 181 Å². The third-order valence-electron chi connectivity index (χ3n) is 8.20. The normalized spacial score (nSPS) is 22.7. The summed E-state index contributed by atoms with van der Waals surface area (Å²) in [6.45, 7) is 8.33. The fourth-order valence-electron chi connectivity index (χ4n) is 6.15. The number of carbonyl (C=O) groups is 1. The van der Waals surface area contributed by atoms with E-state index in [0.29, 0.717) is 5.78 Å². The van der Waals surface area contributed by atoms with Gasteiger partial charge in [0.1, 0.15) is 5.78 Å². The number of hydrogen-bond acceptors (Lipinski definition) is 3. The lowest BCUT2D eigenvalue weighted by Crippen LogP contribution is -2.52. The van der Waals surface area contributed by atoms with Gasteiger partial charge in [0, 0.05) is 22.7 Å². The number of hydrogen-bond donors (Lipinski definition) is 2. The number of piperidine rings is 2. The number of benzene rings is 2. The van der Waals surface area contributed by atoms with E-state index in [2.05, 4.69) is 85.1 Å². The lowest BCUT2D eigenvalue weighted by Gasteiger charge is -2.47. The molecule has 0 aromatic heterocycles. The van der Waals surface area contributed by atoms with Gasteiger partial charge in [0.25, 0.3) is 0 Å². The number of rotatable bonds is 6. The molecule has 0 bridgehead atoms. The first-order valence-electron chi connectivity index (χ1n) is 11.7. The van der Waals surface area contributed by atoms with Crippen LogP contribution in [0, 0.1) is 11.8 Å². The third-order valence-corrected chi connectivity index (χ3v) is 8.20. The van der Waals surface area contributed by atoms with E-state index >= 15 is 0 Å². The Balaban J connectivity index is 1.69. The first-order valence-corrected chi connectivity index (χ1v) is 11.7. The Morgan fingerprint density at radius 2 is 1.00 bits per heavy atom. The van der Waals surface area contributed by atoms with Crippen molar-refractivity contribution in [3.05, 3.63) is 71.8 Å². The Hall–Kier alpha value is -1.97. The van der Waals surface area contributed by atoms with Gasteiger partial charge in [0.2, 0.25) is 0 Å². The van der Waals surface area contributed by atoms with Crippen LogP contribution in [0.2, 0.25) is 0 Å². The molecule has 3 nitrogen and oxygen atoms in total. The summed E-state index contributed by atoms with van der Waals surface area (Å²) in [4.78, 5) is 14.2. The summed E-state index contributed by atoms with van der Waals surface area (Å²) in [6, 6.07) is 21.6. The van der Waals surface area contributed by atoms with Gasteiger partial charge >= 0.3 is 0 Å². The summed E-state index contributed by atoms with van der Waals surface area (Å²) in [5.41, 5.74) is 2.53. The van der Waals surface area contributed by atoms with Crippen LogP contribution in [0.5, 0.6) is 0 Å². The minimum Gasteiger partial charge on any atom is -0.317 e. The molecule has 2 saturated heterocycles. The van der Waals surface area contributed by atoms with Crippen molar-refractivity contribution in [1.82, 2.24) is 10.6 Å². The molecule has 4 rings (SSSR count). The number of carbonyl (C=O) groups excluding carboxylic acids is 1. The van der Waals surface area contributed by atoms with E-state index in [9.17, 15) is 4.79 Å². The Morgan fingerprint density at radius 3 is 1.33 bits per heavy atom. The molecule has 2 aliphatic rings. The van der Waals surface area contributed by atoms with E-state index in [1.54, 1.807) is 0 Å². The molecule has 3 heteroatoms. The van der Waals surface area contributed by atoms with Crippen molar-refractivity contribution in [2.24, 2.45) is 11.8 Å². The van der Waals surface area contributed by atoms with Gasteiger partial charge in [-0.05, 0) is 63.0 Å². The molecule has 0 saturated carbocycles. The van der Waals surface area contributed by atoms with E-state index in [-0.39, 0.29) is 22.7 Å². The molecule has 0 spiro atoms. The van der Waals surface area contributed by atoms with Crippen LogP contribution in [0.25, 0.3) is 0 Å². The minimum atomic E-state index is -0.0668. The molecule has 2 atom stereocenters. The van der Waals surface area contributed by atoms with E-state index in [1.165, 1.54) is 11.1 Å². The highest BCUT2D eigenvalue weighted by molar-refractivity contribution is 5.86. The Bertz CT molecular complexity index is 751. The van der Waals surface area contributed by atoms with Gasteiger partial charge in [-0.1, -0.05) is 74.5 Å². The smallest absolute Gasteiger partial charge is 0.140 e. The van der Waals surface area contributed by atoms with Crippen molar-refractivity contribution in [3.63, 3.8) is 0 Å². The summed E-state index contributed by atoms with van der Waals surface area (Å²) in [5.74, 6) is 0.450. The maximum atomic E-state index is 14.2. The Kier molecular flexibility index (Phi) is 6.40. The van der Waals surface area contributed by atoms with Crippen LogP contribution in [0.1, 0.15) is 50.7 Å². The molecule has 2 N–H and O–H groups in total. The maximum Gasteiger partial charge on any atom is 0.140 e. The van der Waals surface area contributed by atoms with Crippen LogP contribution >= 0.6 is 0 Å². The molecular formula is C27H36N2O. The highest BCUT2D eigenvalue weighted by Crippen LogP contribution is 2.47. The minimum absolute atomic E-state index is 0.00692. The first-order chi connectivity index (χ1) is 14.6. The predicted molar refractivity (Wildman–Crippen MR) is 124 cm³/mol. The maximum absolute atomic E-state index is 14.2. The predicted octanol–water partition coefficient (Wildman–Crippen LogP) is 4.47. The van der Waals surface area contributed by atoms with Crippen LogP contribution in [0.15, 0.2) is 60.7 Å². The molecule has 30 heavy (non-hydrogen) atoms. The quantitative estimate of drug-likeness (QED) is 0.746. The fraction of sp³-hybridized carbons (Fsp3) is 0.519. The van der Waals surface area contributed by atoms with Gasteiger partial charge in [-0.15, -0.1) is 0 Å². The SMILES string of the molecule is CC(C(=O)C(C)C1(c2ccccc2)CCNCC1)C1(c2ccccc2)CCNCC1. The topological polar surface area (TPSA) is 41.1 Å². The van der Waals surface area contributed by atoms with Gasteiger partial charge in [0.05, 0.1) is 0 Å². The molecule has 0 amide bonds. The molecule has 2 aromatic rings. The second-order valence-corrected chi connectivity index (χ2v) is 9.39. The summed E-state index contributed by atoms with van der Waals surface area (Å²) in [7, 11) is 0. The molecule has 160 valence electrons. The van der Waals surface area contributed by atoms with Crippen molar-refractivity contribution in [1.29, 1.82) is 0 Å². The zero-order valence-electron chi connectivity index (χ0n) is 18.5. The Morgan fingerprint density at radius 1 is 0.667 bits per heavy atom. The molecule has 2 aromatic carbocycles. The standard InChI is InChI=1S/C27H36N2O/c1-21(26(13-17-28-18-14-26)23-9-5-3-6-10-23)25(30)22(2)27(15-19-29-20-16-27)24-11-7-4-8-12-24/h3-12,21-22,28-29H,13-20H2,1-2H3. The number of nitrogens with one attached hydrogen (secondary N) is 2. The largest absolute Gasteiger partial charge is 0.317 e. The molecular weight excluding hydrogens is 368 g/mol.